The van der Waals surface area contributed by atoms with E-state index in [1.54, 1.807) is 0 Å². The van der Waals surface area contributed by atoms with Gasteiger partial charge in [0.1, 0.15) is 0 Å². The third kappa shape index (κ3) is 4.94. The normalized spacial score (nSPS) is 12.9. The number of rotatable bonds is 8. The molecule has 0 aliphatic carbocycles. The Labute approximate surface area is 101 Å². The van der Waals surface area contributed by atoms with Crippen LogP contribution < -0.4 is 5.32 Å². The van der Waals surface area contributed by atoms with Crippen molar-refractivity contribution in [1.82, 2.24) is 9.88 Å². The van der Waals surface area contributed by atoms with Gasteiger partial charge in [0.2, 0.25) is 0 Å². The van der Waals surface area contributed by atoms with Crippen LogP contribution in [0.1, 0.15) is 25.8 Å². The van der Waals surface area contributed by atoms with Gasteiger partial charge in [0.15, 0.2) is 0 Å². The smallest absolute Gasteiger partial charge is 0.0360 e. The van der Waals surface area contributed by atoms with Gasteiger partial charge in [0.05, 0.1) is 0 Å². The minimum atomic E-state index is -0.650. The van der Waals surface area contributed by atoms with Crippen LogP contribution in [-0.2, 0) is 23.9 Å². The van der Waals surface area contributed by atoms with Crippen molar-refractivity contribution in [2.45, 2.75) is 33.4 Å². The Hall–Kier alpha value is -0.610. The molecule has 0 amide bonds. The summed E-state index contributed by atoms with van der Waals surface area (Å²) in [6.07, 6.45) is 5.45. The van der Waals surface area contributed by atoms with Crippen LogP contribution in [0, 0.1) is 0 Å². The van der Waals surface area contributed by atoms with E-state index in [0.717, 1.165) is 37.6 Å². The number of hydrogen-bond donors (Lipinski definition) is 1. The Morgan fingerprint density at radius 1 is 1.44 bits per heavy atom. The van der Waals surface area contributed by atoms with E-state index in [4.69, 9.17) is 0 Å². The van der Waals surface area contributed by atoms with Gasteiger partial charge in [-0.25, -0.2) is 0 Å². The summed E-state index contributed by atoms with van der Waals surface area (Å²) in [4.78, 5) is 0. The second kappa shape index (κ2) is 7.63. The molecule has 92 valence electrons. The molecule has 0 aromatic carbocycles. The molecule has 0 spiro atoms. The fraction of sp³-hybridized carbons (Fsp3) is 0.667. The maximum atomic E-state index is 11.2. The monoisotopic (exact) mass is 242 g/mol. The highest BCUT2D eigenvalue weighted by molar-refractivity contribution is 7.84. The molecule has 1 unspecified atom stereocenters. The Balaban J connectivity index is 2.19. The van der Waals surface area contributed by atoms with Crippen LogP contribution in [0.5, 0.6) is 0 Å². The van der Waals surface area contributed by atoms with Gasteiger partial charge in [-0.1, -0.05) is 13.8 Å². The fourth-order valence-corrected chi connectivity index (χ4v) is 2.22. The first-order valence-electron chi connectivity index (χ1n) is 5.96. The first-order chi connectivity index (χ1) is 7.76. The summed E-state index contributed by atoms with van der Waals surface area (Å²) < 4.78 is 13.4. The van der Waals surface area contributed by atoms with E-state index in [-0.39, 0.29) is 0 Å². The van der Waals surface area contributed by atoms with E-state index in [0.29, 0.717) is 0 Å². The summed E-state index contributed by atoms with van der Waals surface area (Å²) in [6, 6.07) is 2.14. The molecule has 0 saturated carbocycles. The molecule has 16 heavy (non-hydrogen) atoms. The second-order valence-corrected chi connectivity index (χ2v) is 5.73. The molecule has 1 rings (SSSR count). The third-order valence-electron chi connectivity index (χ3n) is 2.45. The minimum Gasteiger partial charge on any atom is -0.354 e. The van der Waals surface area contributed by atoms with Crippen LogP contribution in [0.4, 0.5) is 0 Å². The van der Waals surface area contributed by atoms with Crippen molar-refractivity contribution in [3.05, 3.63) is 24.0 Å². The molecular formula is C12H22N2OS. The highest BCUT2D eigenvalue weighted by Gasteiger charge is 1.98. The maximum absolute atomic E-state index is 11.2. The molecular weight excluding hydrogens is 220 g/mol. The van der Waals surface area contributed by atoms with E-state index >= 15 is 0 Å². The number of nitrogens with zero attached hydrogens (tertiary/aromatic N) is 1. The molecule has 1 N–H and O–H groups in total. The Morgan fingerprint density at radius 3 is 2.94 bits per heavy atom. The zero-order valence-electron chi connectivity index (χ0n) is 10.2. The summed E-state index contributed by atoms with van der Waals surface area (Å²) in [5.74, 6) is 1.51. The number of aromatic nitrogens is 1. The van der Waals surface area contributed by atoms with Crippen molar-refractivity contribution in [3.63, 3.8) is 0 Å². The van der Waals surface area contributed by atoms with Gasteiger partial charge >= 0.3 is 0 Å². The number of nitrogens with one attached hydrogen (secondary N) is 1. The second-order valence-electron chi connectivity index (χ2n) is 3.87. The lowest BCUT2D eigenvalue weighted by molar-refractivity contribution is 0.668. The molecule has 1 aromatic rings. The molecule has 0 aliphatic rings. The van der Waals surface area contributed by atoms with E-state index in [1.165, 1.54) is 5.56 Å². The Bertz CT molecular complexity index is 323. The molecule has 1 aromatic heterocycles. The Kier molecular flexibility index (Phi) is 6.42. The zero-order valence-corrected chi connectivity index (χ0v) is 11.1. The van der Waals surface area contributed by atoms with E-state index < -0.39 is 10.8 Å². The average molecular weight is 242 g/mol. The predicted octanol–water partition coefficient (Wildman–Crippen LogP) is 1.76. The zero-order chi connectivity index (χ0) is 11.8. The van der Waals surface area contributed by atoms with Crippen LogP contribution in [0.15, 0.2) is 18.5 Å². The van der Waals surface area contributed by atoms with Crippen molar-refractivity contribution >= 4 is 10.8 Å². The number of aryl methyl sites for hydroxylation is 1. The van der Waals surface area contributed by atoms with Gasteiger partial charge in [-0.15, -0.1) is 0 Å². The molecule has 0 saturated heterocycles. The van der Waals surface area contributed by atoms with Crippen LogP contribution in [0.25, 0.3) is 0 Å². The lowest BCUT2D eigenvalue weighted by atomic mass is 10.3. The highest BCUT2D eigenvalue weighted by atomic mass is 32.2. The fourth-order valence-electron chi connectivity index (χ4n) is 1.56. The average Bonchev–Trinajstić information content (AvgIpc) is 2.72. The third-order valence-corrected chi connectivity index (χ3v) is 3.75. The highest BCUT2D eigenvalue weighted by Crippen LogP contribution is 2.01. The summed E-state index contributed by atoms with van der Waals surface area (Å²) >= 11 is 0. The van der Waals surface area contributed by atoms with E-state index in [2.05, 4.69) is 35.3 Å². The quantitative estimate of drug-likeness (QED) is 0.705. The molecule has 0 aliphatic heterocycles. The molecule has 1 heterocycles. The van der Waals surface area contributed by atoms with Gasteiger partial charge in [-0.3, -0.25) is 4.21 Å². The summed E-state index contributed by atoms with van der Waals surface area (Å²) in [5, 5.41) is 3.32. The summed E-state index contributed by atoms with van der Waals surface area (Å²) in [7, 11) is -0.650. The summed E-state index contributed by atoms with van der Waals surface area (Å²) in [6.45, 7) is 6.93. The standard InChI is InChI=1S/C12H22N2OS/c1-3-7-14-8-5-12(11-14)10-13-6-9-16(15)4-2/h5,8,11,13H,3-4,6-7,9-10H2,1-2H3. The van der Waals surface area contributed by atoms with Crippen molar-refractivity contribution < 1.29 is 4.21 Å². The van der Waals surface area contributed by atoms with Gasteiger partial charge in [0, 0.05) is 54.3 Å². The lowest BCUT2D eigenvalue weighted by Crippen LogP contribution is -2.20. The van der Waals surface area contributed by atoms with Crippen LogP contribution in [0.3, 0.4) is 0 Å². The van der Waals surface area contributed by atoms with Crippen LogP contribution >= 0.6 is 0 Å². The molecule has 4 heteroatoms. The SMILES string of the molecule is CCCn1ccc(CNCCS(=O)CC)c1. The molecule has 0 radical (unpaired) electrons. The van der Waals surface area contributed by atoms with Gasteiger partial charge in [-0.05, 0) is 18.1 Å². The molecule has 0 fully saturated rings. The topological polar surface area (TPSA) is 34.0 Å². The van der Waals surface area contributed by atoms with Crippen LogP contribution in [0.2, 0.25) is 0 Å². The lowest BCUT2D eigenvalue weighted by Gasteiger charge is -2.02. The van der Waals surface area contributed by atoms with Gasteiger partial charge in [-0.2, -0.15) is 0 Å². The first kappa shape index (κ1) is 13.5. The van der Waals surface area contributed by atoms with Crippen molar-refractivity contribution in [2.24, 2.45) is 0 Å². The van der Waals surface area contributed by atoms with E-state index in [1.807, 2.05) is 6.92 Å². The maximum Gasteiger partial charge on any atom is 0.0360 e. The molecule has 0 bridgehead atoms. The summed E-state index contributed by atoms with van der Waals surface area (Å²) in [5.41, 5.74) is 1.30. The Morgan fingerprint density at radius 2 is 2.25 bits per heavy atom. The van der Waals surface area contributed by atoms with Crippen LogP contribution in [-0.4, -0.2) is 26.8 Å². The van der Waals surface area contributed by atoms with Gasteiger partial charge in [0.25, 0.3) is 0 Å². The van der Waals surface area contributed by atoms with Crippen molar-refractivity contribution in [2.75, 3.05) is 18.1 Å². The molecule has 3 nitrogen and oxygen atoms in total. The molecule has 1 atom stereocenters. The van der Waals surface area contributed by atoms with Crippen molar-refractivity contribution in [1.29, 1.82) is 0 Å². The predicted molar refractivity (Wildman–Crippen MR) is 70.0 cm³/mol. The largest absolute Gasteiger partial charge is 0.354 e. The first-order valence-corrected chi connectivity index (χ1v) is 7.45. The minimum absolute atomic E-state index is 0.650. The van der Waals surface area contributed by atoms with Crippen molar-refractivity contribution in [3.8, 4) is 0 Å². The van der Waals surface area contributed by atoms with E-state index in [9.17, 15) is 4.21 Å². The van der Waals surface area contributed by atoms with Gasteiger partial charge < -0.3 is 9.88 Å². The number of hydrogen-bond acceptors (Lipinski definition) is 2.